The summed E-state index contributed by atoms with van der Waals surface area (Å²) < 4.78 is 30.4. The van der Waals surface area contributed by atoms with E-state index >= 15 is 0 Å². The molecule has 3 N–H and O–H groups in total. The Balaban J connectivity index is 2.78. The van der Waals surface area contributed by atoms with Crippen molar-refractivity contribution < 1.29 is 13.5 Å². The van der Waals surface area contributed by atoms with Gasteiger partial charge in [0.15, 0.2) is 0 Å². The van der Waals surface area contributed by atoms with E-state index in [0.717, 1.165) is 0 Å². The van der Waals surface area contributed by atoms with Crippen LogP contribution in [0.15, 0.2) is 18.2 Å². The number of methoxy groups -OCH3 is 1. The van der Waals surface area contributed by atoms with Crippen molar-refractivity contribution in [1.82, 2.24) is 0 Å². The maximum Gasteiger partial charge on any atom is 0.265 e. The largest absolute Gasteiger partial charge is 0.399 e. The van der Waals surface area contributed by atoms with E-state index in [1.807, 2.05) is 6.92 Å². The summed E-state index contributed by atoms with van der Waals surface area (Å²) >= 11 is 0. The Hall–Kier alpha value is -1.36. The third-order valence-electron chi connectivity index (χ3n) is 2.29. The molecule has 0 aliphatic rings. The van der Waals surface area contributed by atoms with Crippen molar-refractivity contribution in [2.45, 2.75) is 19.5 Å². The van der Waals surface area contributed by atoms with Crippen molar-refractivity contribution in [3.63, 3.8) is 0 Å². The van der Waals surface area contributed by atoms with Crippen molar-refractivity contribution in [3.8, 4) is 0 Å². The minimum atomic E-state index is -2.54. The number of halogens is 2. The zero-order chi connectivity index (χ0) is 12.1. The van der Waals surface area contributed by atoms with Crippen molar-refractivity contribution in [3.05, 3.63) is 23.8 Å². The predicted octanol–water partition coefficient (Wildman–Crippen LogP) is 2.65. The first-order chi connectivity index (χ1) is 7.54. The summed E-state index contributed by atoms with van der Waals surface area (Å²) in [5.41, 5.74) is 6.11. The van der Waals surface area contributed by atoms with Crippen LogP contribution in [-0.2, 0) is 4.74 Å². The summed E-state index contributed by atoms with van der Waals surface area (Å²) in [6.45, 7) is 2.33. The molecular weight excluding hydrogens is 214 g/mol. The van der Waals surface area contributed by atoms with Gasteiger partial charge in [-0.2, -0.15) is 0 Å². The molecule has 0 heterocycles. The van der Waals surface area contributed by atoms with Gasteiger partial charge in [-0.3, -0.25) is 0 Å². The van der Waals surface area contributed by atoms with Crippen LogP contribution in [0, 0.1) is 0 Å². The Morgan fingerprint density at radius 2 is 2.12 bits per heavy atom. The quantitative estimate of drug-likeness (QED) is 0.764. The minimum Gasteiger partial charge on any atom is -0.399 e. The van der Waals surface area contributed by atoms with Crippen LogP contribution in [0.3, 0.4) is 0 Å². The fourth-order valence-corrected chi connectivity index (χ4v) is 1.26. The Bertz CT molecular complexity index is 345. The van der Waals surface area contributed by atoms with Crippen LogP contribution in [0.25, 0.3) is 0 Å². The molecule has 0 radical (unpaired) electrons. The van der Waals surface area contributed by atoms with Crippen molar-refractivity contribution in [2.75, 3.05) is 24.7 Å². The molecule has 1 unspecified atom stereocenters. The average molecular weight is 230 g/mol. The molecule has 1 aromatic rings. The van der Waals surface area contributed by atoms with Gasteiger partial charge in [-0.05, 0) is 25.1 Å². The maximum absolute atomic E-state index is 12.7. The van der Waals surface area contributed by atoms with Crippen LogP contribution in [0.1, 0.15) is 18.9 Å². The number of nitrogens with two attached hydrogens (primary N) is 1. The molecule has 0 spiro atoms. The first-order valence-corrected chi connectivity index (χ1v) is 4.98. The number of alkyl halides is 2. The molecule has 16 heavy (non-hydrogen) atoms. The highest BCUT2D eigenvalue weighted by Gasteiger charge is 2.13. The average Bonchev–Trinajstić information content (AvgIpc) is 2.26. The van der Waals surface area contributed by atoms with E-state index in [2.05, 4.69) is 5.32 Å². The Labute approximate surface area is 93.6 Å². The van der Waals surface area contributed by atoms with Gasteiger partial charge in [0.2, 0.25) is 0 Å². The lowest BCUT2D eigenvalue weighted by Crippen LogP contribution is -2.18. The standard InChI is InChI=1S/C11H16F2N2O/c1-7(16-2)6-15-10-4-3-8(14)5-9(10)11(12)13/h3-5,7,11,15H,6,14H2,1-2H3. The molecular formula is C11H16F2N2O. The van der Waals surface area contributed by atoms with Gasteiger partial charge in [-0.1, -0.05) is 0 Å². The van der Waals surface area contributed by atoms with Gasteiger partial charge >= 0.3 is 0 Å². The van der Waals surface area contributed by atoms with Gasteiger partial charge in [0.1, 0.15) is 0 Å². The van der Waals surface area contributed by atoms with E-state index in [1.54, 1.807) is 19.2 Å². The van der Waals surface area contributed by atoms with Crippen molar-refractivity contribution in [1.29, 1.82) is 0 Å². The molecule has 0 bridgehead atoms. The van der Waals surface area contributed by atoms with Crippen LogP contribution in [-0.4, -0.2) is 19.8 Å². The number of rotatable bonds is 5. The molecule has 90 valence electrons. The van der Waals surface area contributed by atoms with E-state index in [-0.39, 0.29) is 11.7 Å². The fourth-order valence-electron chi connectivity index (χ4n) is 1.26. The summed E-state index contributed by atoms with van der Waals surface area (Å²) in [4.78, 5) is 0. The second-order valence-corrected chi connectivity index (χ2v) is 3.57. The molecule has 3 nitrogen and oxygen atoms in total. The molecule has 0 aliphatic heterocycles. The lowest BCUT2D eigenvalue weighted by molar-refractivity contribution is 0.128. The molecule has 0 aromatic heterocycles. The van der Waals surface area contributed by atoms with Gasteiger partial charge < -0.3 is 15.8 Å². The van der Waals surface area contributed by atoms with E-state index in [1.165, 1.54) is 6.07 Å². The van der Waals surface area contributed by atoms with Gasteiger partial charge in [0, 0.05) is 30.6 Å². The summed E-state index contributed by atoms with van der Waals surface area (Å²) in [6, 6.07) is 4.43. The normalized spacial score (nSPS) is 12.8. The SMILES string of the molecule is COC(C)CNc1ccc(N)cc1C(F)F. The molecule has 0 saturated carbocycles. The highest BCUT2D eigenvalue weighted by Crippen LogP contribution is 2.28. The van der Waals surface area contributed by atoms with Crippen LogP contribution in [0.4, 0.5) is 20.2 Å². The maximum atomic E-state index is 12.7. The van der Waals surface area contributed by atoms with Gasteiger partial charge in [-0.15, -0.1) is 0 Å². The monoisotopic (exact) mass is 230 g/mol. The van der Waals surface area contributed by atoms with E-state index in [4.69, 9.17) is 10.5 Å². The summed E-state index contributed by atoms with van der Waals surface area (Å²) in [5.74, 6) is 0. The molecule has 5 heteroatoms. The number of benzene rings is 1. The Morgan fingerprint density at radius 1 is 1.44 bits per heavy atom. The second kappa shape index (κ2) is 5.65. The summed E-state index contributed by atoms with van der Waals surface area (Å²) in [7, 11) is 1.57. The molecule has 1 aromatic carbocycles. The smallest absolute Gasteiger partial charge is 0.265 e. The highest BCUT2D eigenvalue weighted by molar-refractivity contribution is 5.58. The third-order valence-corrected chi connectivity index (χ3v) is 2.29. The topological polar surface area (TPSA) is 47.3 Å². The van der Waals surface area contributed by atoms with Gasteiger partial charge in [0.25, 0.3) is 6.43 Å². The zero-order valence-corrected chi connectivity index (χ0v) is 9.34. The van der Waals surface area contributed by atoms with E-state index in [0.29, 0.717) is 17.9 Å². The van der Waals surface area contributed by atoms with Crippen molar-refractivity contribution >= 4 is 11.4 Å². The zero-order valence-electron chi connectivity index (χ0n) is 9.34. The number of nitrogen functional groups attached to an aromatic ring is 1. The summed E-state index contributed by atoms with van der Waals surface area (Å²) in [5, 5.41) is 2.91. The van der Waals surface area contributed by atoms with Crippen LogP contribution < -0.4 is 11.1 Å². The first-order valence-electron chi connectivity index (χ1n) is 4.98. The van der Waals surface area contributed by atoms with E-state index < -0.39 is 6.43 Å². The van der Waals surface area contributed by atoms with Gasteiger partial charge in [0.05, 0.1) is 6.10 Å². The predicted molar refractivity (Wildman–Crippen MR) is 60.8 cm³/mol. The van der Waals surface area contributed by atoms with Crippen molar-refractivity contribution in [2.24, 2.45) is 0 Å². The molecule has 0 amide bonds. The van der Waals surface area contributed by atoms with Crippen LogP contribution >= 0.6 is 0 Å². The number of nitrogens with one attached hydrogen (secondary N) is 1. The second-order valence-electron chi connectivity index (χ2n) is 3.57. The third kappa shape index (κ3) is 3.34. The number of hydrogen-bond acceptors (Lipinski definition) is 3. The van der Waals surface area contributed by atoms with E-state index in [9.17, 15) is 8.78 Å². The fraction of sp³-hybridized carbons (Fsp3) is 0.455. The Morgan fingerprint density at radius 3 is 2.69 bits per heavy atom. The molecule has 0 fully saturated rings. The Kier molecular flexibility index (Phi) is 4.49. The number of anilines is 2. The molecule has 0 aliphatic carbocycles. The number of ether oxygens (including phenoxy) is 1. The molecule has 0 saturated heterocycles. The highest BCUT2D eigenvalue weighted by atomic mass is 19.3. The number of hydrogen-bond donors (Lipinski definition) is 2. The lowest BCUT2D eigenvalue weighted by atomic mass is 10.1. The molecule has 1 atom stereocenters. The van der Waals surface area contributed by atoms with Crippen LogP contribution in [0.2, 0.25) is 0 Å². The first kappa shape index (κ1) is 12.7. The minimum absolute atomic E-state index is 0.0388. The van der Waals surface area contributed by atoms with Crippen LogP contribution in [0.5, 0.6) is 0 Å². The van der Waals surface area contributed by atoms with Gasteiger partial charge in [-0.25, -0.2) is 8.78 Å². The lowest BCUT2D eigenvalue weighted by Gasteiger charge is -2.15. The molecule has 1 rings (SSSR count). The summed E-state index contributed by atoms with van der Waals surface area (Å²) in [6.07, 6.45) is -2.58.